The van der Waals surface area contributed by atoms with Gasteiger partial charge < -0.3 is 10.2 Å². The lowest BCUT2D eigenvalue weighted by molar-refractivity contribution is -0.132. The molecule has 1 atom stereocenters. The Bertz CT molecular complexity index is 738. The van der Waals surface area contributed by atoms with Crippen molar-refractivity contribution in [3.63, 3.8) is 0 Å². The van der Waals surface area contributed by atoms with Crippen LogP contribution in [0.25, 0.3) is 0 Å². The molecule has 0 bridgehead atoms. The van der Waals surface area contributed by atoms with Crippen molar-refractivity contribution >= 4 is 17.5 Å². The van der Waals surface area contributed by atoms with E-state index < -0.39 is 5.92 Å². The molecule has 1 aromatic carbocycles. The molecule has 24 heavy (non-hydrogen) atoms. The normalized spacial score (nSPS) is 17.2. The number of nitrogens with zero attached hydrogens (tertiary/aromatic N) is 2. The maximum Gasteiger partial charge on any atom is 0.239 e. The number of anilines is 1. The van der Waals surface area contributed by atoms with Crippen LogP contribution in [0.4, 0.5) is 5.69 Å². The first-order valence-corrected chi connectivity index (χ1v) is 8.11. The average molecular weight is 323 g/mol. The van der Waals surface area contributed by atoms with E-state index in [1.165, 1.54) is 0 Å². The smallest absolute Gasteiger partial charge is 0.239 e. The fourth-order valence-electron chi connectivity index (χ4n) is 3.10. The molecule has 2 heterocycles. The number of hydrogen-bond acceptors (Lipinski definition) is 3. The molecule has 5 heteroatoms. The Morgan fingerprint density at radius 1 is 1.29 bits per heavy atom. The zero-order valence-corrected chi connectivity index (χ0v) is 14.0. The van der Waals surface area contributed by atoms with Crippen LogP contribution in [0.1, 0.15) is 23.1 Å². The molecule has 1 saturated heterocycles. The Morgan fingerprint density at radius 2 is 2.04 bits per heavy atom. The predicted octanol–water partition coefficient (Wildman–Crippen LogP) is 2.37. The lowest BCUT2D eigenvalue weighted by Gasteiger charge is -2.18. The van der Waals surface area contributed by atoms with E-state index in [-0.39, 0.29) is 11.8 Å². The molecule has 0 spiro atoms. The molecule has 1 fully saturated rings. The number of aromatic nitrogens is 1. The van der Waals surface area contributed by atoms with Gasteiger partial charge in [0, 0.05) is 31.2 Å². The number of aryl methyl sites for hydroxylation is 2. The number of benzene rings is 1. The average Bonchev–Trinajstić information content (AvgIpc) is 2.94. The van der Waals surface area contributed by atoms with Crippen LogP contribution in [0, 0.1) is 19.8 Å². The van der Waals surface area contributed by atoms with Crippen LogP contribution < -0.4 is 10.2 Å². The number of amides is 2. The molecule has 0 saturated carbocycles. The molecule has 124 valence electrons. The highest BCUT2D eigenvalue weighted by Crippen LogP contribution is 2.27. The van der Waals surface area contributed by atoms with Crippen molar-refractivity contribution < 1.29 is 9.59 Å². The van der Waals surface area contributed by atoms with E-state index in [1.807, 2.05) is 38.1 Å². The van der Waals surface area contributed by atoms with Crippen LogP contribution in [0.15, 0.2) is 42.7 Å². The van der Waals surface area contributed by atoms with Gasteiger partial charge in [0.1, 0.15) is 5.92 Å². The van der Waals surface area contributed by atoms with Crippen molar-refractivity contribution in [2.75, 3.05) is 11.4 Å². The van der Waals surface area contributed by atoms with Crippen molar-refractivity contribution in [2.24, 2.45) is 5.92 Å². The first kappa shape index (κ1) is 16.2. The molecule has 1 aliphatic rings. The second-order valence-corrected chi connectivity index (χ2v) is 6.26. The van der Waals surface area contributed by atoms with Gasteiger partial charge in [-0.2, -0.15) is 0 Å². The molecule has 1 aromatic heterocycles. The van der Waals surface area contributed by atoms with Crippen molar-refractivity contribution in [3.05, 3.63) is 59.4 Å². The summed E-state index contributed by atoms with van der Waals surface area (Å²) in [7, 11) is 0. The third-order valence-corrected chi connectivity index (χ3v) is 4.23. The van der Waals surface area contributed by atoms with Crippen molar-refractivity contribution in [2.45, 2.75) is 26.8 Å². The largest absolute Gasteiger partial charge is 0.351 e. The highest BCUT2D eigenvalue weighted by molar-refractivity contribution is 6.09. The number of carbonyl (C=O) groups is 2. The Morgan fingerprint density at radius 3 is 2.71 bits per heavy atom. The Balaban J connectivity index is 1.66. The third kappa shape index (κ3) is 3.45. The van der Waals surface area contributed by atoms with Crippen LogP contribution in [0.5, 0.6) is 0 Å². The summed E-state index contributed by atoms with van der Waals surface area (Å²) in [5, 5.41) is 2.84. The highest BCUT2D eigenvalue weighted by atomic mass is 16.2. The predicted molar refractivity (Wildman–Crippen MR) is 92.5 cm³/mol. The van der Waals surface area contributed by atoms with E-state index in [0.717, 1.165) is 22.4 Å². The summed E-state index contributed by atoms with van der Waals surface area (Å²) in [6.07, 6.45) is 3.94. The standard InChI is InChI=1S/C19H21N3O2/c1-13-8-14(2)10-16(9-13)22-7-5-17(19(22)24)18(23)21-12-15-4-3-6-20-11-15/h3-4,6,8-11,17H,5,7,12H2,1-2H3,(H,21,23). The monoisotopic (exact) mass is 323 g/mol. The fourth-order valence-corrected chi connectivity index (χ4v) is 3.10. The van der Waals surface area contributed by atoms with Gasteiger partial charge >= 0.3 is 0 Å². The molecule has 0 radical (unpaired) electrons. The van der Waals surface area contributed by atoms with Crippen molar-refractivity contribution in [1.82, 2.24) is 10.3 Å². The lowest BCUT2D eigenvalue weighted by Crippen LogP contribution is -2.36. The summed E-state index contributed by atoms with van der Waals surface area (Å²) in [6, 6.07) is 9.76. The maximum atomic E-state index is 12.6. The fraction of sp³-hybridized carbons (Fsp3) is 0.316. The van der Waals surface area contributed by atoms with E-state index in [2.05, 4.69) is 16.4 Å². The summed E-state index contributed by atoms with van der Waals surface area (Å²) >= 11 is 0. The minimum atomic E-state index is -0.609. The molecule has 1 aliphatic heterocycles. The van der Waals surface area contributed by atoms with Crippen molar-refractivity contribution in [1.29, 1.82) is 0 Å². The van der Waals surface area contributed by atoms with Gasteiger partial charge in [0.05, 0.1) is 0 Å². The summed E-state index contributed by atoms with van der Waals surface area (Å²) in [6.45, 7) is 4.98. The summed E-state index contributed by atoms with van der Waals surface area (Å²) in [5.74, 6) is -0.943. The van der Waals surface area contributed by atoms with E-state index >= 15 is 0 Å². The second kappa shape index (κ2) is 6.83. The summed E-state index contributed by atoms with van der Waals surface area (Å²) in [5.41, 5.74) is 4.02. The zero-order valence-electron chi connectivity index (χ0n) is 14.0. The van der Waals surface area contributed by atoms with Crippen LogP contribution in [-0.2, 0) is 16.1 Å². The number of carbonyl (C=O) groups excluding carboxylic acids is 2. The molecule has 1 unspecified atom stereocenters. The highest BCUT2D eigenvalue weighted by Gasteiger charge is 2.37. The lowest BCUT2D eigenvalue weighted by atomic mass is 10.1. The van der Waals surface area contributed by atoms with Gasteiger partial charge in [-0.3, -0.25) is 14.6 Å². The molecule has 5 nitrogen and oxygen atoms in total. The van der Waals surface area contributed by atoms with Crippen LogP contribution in [-0.4, -0.2) is 23.3 Å². The van der Waals surface area contributed by atoms with Crippen LogP contribution in [0.2, 0.25) is 0 Å². The van der Waals surface area contributed by atoms with Gasteiger partial charge in [-0.25, -0.2) is 0 Å². The van der Waals surface area contributed by atoms with Gasteiger partial charge in [-0.05, 0) is 55.2 Å². The topological polar surface area (TPSA) is 62.3 Å². The van der Waals surface area contributed by atoms with Crippen LogP contribution >= 0.6 is 0 Å². The van der Waals surface area contributed by atoms with Gasteiger partial charge in [-0.15, -0.1) is 0 Å². The van der Waals surface area contributed by atoms with Crippen molar-refractivity contribution in [3.8, 4) is 0 Å². The Kier molecular flexibility index (Phi) is 4.60. The van der Waals surface area contributed by atoms with Gasteiger partial charge in [0.15, 0.2) is 0 Å². The number of rotatable bonds is 4. The number of pyridine rings is 1. The molecule has 2 aromatic rings. The first-order chi connectivity index (χ1) is 11.5. The van der Waals surface area contributed by atoms with Gasteiger partial charge in [-0.1, -0.05) is 12.1 Å². The first-order valence-electron chi connectivity index (χ1n) is 8.11. The van der Waals surface area contributed by atoms with E-state index in [9.17, 15) is 9.59 Å². The Labute approximate surface area is 141 Å². The van der Waals surface area contributed by atoms with Gasteiger partial charge in [0.2, 0.25) is 11.8 Å². The maximum absolute atomic E-state index is 12.6. The summed E-state index contributed by atoms with van der Waals surface area (Å²) in [4.78, 5) is 30.7. The van der Waals surface area contributed by atoms with E-state index in [4.69, 9.17) is 0 Å². The molecule has 0 aliphatic carbocycles. The number of nitrogens with one attached hydrogen (secondary N) is 1. The zero-order chi connectivity index (χ0) is 17.1. The molecular formula is C19H21N3O2. The number of hydrogen-bond donors (Lipinski definition) is 1. The molecular weight excluding hydrogens is 302 g/mol. The van der Waals surface area contributed by atoms with Crippen LogP contribution in [0.3, 0.4) is 0 Å². The Hall–Kier alpha value is -2.69. The molecule has 3 rings (SSSR count). The third-order valence-electron chi connectivity index (χ3n) is 4.23. The quantitative estimate of drug-likeness (QED) is 0.879. The van der Waals surface area contributed by atoms with E-state index in [0.29, 0.717) is 19.5 Å². The SMILES string of the molecule is Cc1cc(C)cc(N2CCC(C(=O)NCc3cccnc3)C2=O)c1. The molecule has 1 N–H and O–H groups in total. The minimum Gasteiger partial charge on any atom is -0.351 e. The van der Waals surface area contributed by atoms with Gasteiger partial charge in [0.25, 0.3) is 0 Å². The summed E-state index contributed by atoms with van der Waals surface area (Å²) < 4.78 is 0. The van der Waals surface area contributed by atoms with E-state index in [1.54, 1.807) is 17.3 Å². The molecule has 2 amide bonds. The second-order valence-electron chi connectivity index (χ2n) is 6.26. The minimum absolute atomic E-state index is 0.122.